The van der Waals surface area contributed by atoms with Gasteiger partial charge in [-0.15, -0.1) is 0 Å². The van der Waals surface area contributed by atoms with Gasteiger partial charge in [-0.3, -0.25) is 4.90 Å². The Kier molecular flexibility index (Phi) is 3.71. The second-order valence-electron chi connectivity index (χ2n) is 6.42. The Labute approximate surface area is 111 Å². The molecule has 0 unspecified atom stereocenters. The van der Waals surface area contributed by atoms with Crippen LogP contribution < -0.4 is 0 Å². The Bertz CT molecular complexity index is 403. The summed E-state index contributed by atoms with van der Waals surface area (Å²) in [5.74, 6) is 0.986. The van der Waals surface area contributed by atoms with E-state index in [1.165, 1.54) is 31.5 Å². The summed E-state index contributed by atoms with van der Waals surface area (Å²) in [6.07, 6.45) is 2.63. The van der Waals surface area contributed by atoms with Crippen LogP contribution in [0.4, 0.5) is 0 Å². The molecule has 1 fully saturated rings. The number of hydrogen-bond acceptors (Lipinski definition) is 3. The predicted molar refractivity (Wildman–Crippen MR) is 74.7 cm³/mol. The van der Waals surface area contributed by atoms with Gasteiger partial charge in [0.05, 0.1) is 6.54 Å². The third-order valence-corrected chi connectivity index (χ3v) is 3.63. The van der Waals surface area contributed by atoms with Crippen LogP contribution in [0.15, 0.2) is 0 Å². The number of likely N-dealkylation sites (tertiary alicyclic amines) is 1. The first-order valence-electron chi connectivity index (χ1n) is 6.95. The molecule has 2 rings (SSSR count). The zero-order valence-electron chi connectivity index (χ0n) is 12.4. The fourth-order valence-electron chi connectivity index (χ4n) is 3.08. The summed E-state index contributed by atoms with van der Waals surface area (Å²) in [5, 5.41) is 0. The van der Waals surface area contributed by atoms with Crippen LogP contribution in [0.3, 0.4) is 0 Å². The molecule has 0 aliphatic carbocycles. The fraction of sp³-hybridized carbons (Fsp3) is 0.733. The van der Waals surface area contributed by atoms with Crippen molar-refractivity contribution < 1.29 is 0 Å². The highest BCUT2D eigenvalue weighted by atomic mass is 15.2. The minimum Gasteiger partial charge on any atom is -0.296 e. The van der Waals surface area contributed by atoms with Gasteiger partial charge in [0, 0.05) is 17.0 Å². The van der Waals surface area contributed by atoms with Crippen molar-refractivity contribution in [3.8, 4) is 0 Å². The molecule has 3 heteroatoms. The van der Waals surface area contributed by atoms with Crippen molar-refractivity contribution in [2.24, 2.45) is 0 Å². The van der Waals surface area contributed by atoms with Gasteiger partial charge in [-0.25, -0.2) is 9.97 Å². The van der Waals surface area contributed by atoms with E-state index >= 15 is 0 Å². The second-order valence-corrected chi connectivity index (χ2v) is 6.42. The SMILES string of the molecule is Cc1nc(CN2CCCC2)nc(C)c1C(C)(C)C. The molecule has 0 N–H and O–H groups in total. The molecule has 0 radical (unpaired) electrons. The zero-order valence-corrected chi connectivity index (χ0v) is 12.4. The third kappa shape index (κ3) is 2.89. The molecule has 0 spiro atoms. The highest BCUT2D eigenvalue weighted by molar-refractivity contribution is 5.31. The van der Waals surface area contributed by atoms with Crippen LogP contribution in [0.1, 0.15) is 56.4 Å². The van der Waals surface area contributed by atoms with Crippen LogP contribution in [0.25, 0.3) is 0 Å². The molecule has 1 saturated heterocycles. The maximum atomic E-state index is 4.71. The minimum absolute atomic E-state index is 0.125. The lowest BCUT2D eigenvalue weighted by atomic mass is 9.85. The van der Waals surface area contributed by atoms with Gasteiger partial charge in [0.25, 0.3) is 0 Å². The molecule has 0 amide bonds. The smallest absolute Gasteiger partial charge is 0.142 e. The normalized spacial score (nSPS) is 17.4. The molecular formula is C15H25N3. The highest BCUT2D eigenvalue weighted by Gasteiger charge is 2.22. The van der Waals surface area contributed by atoms with Gasteiger partial charge < -0.3 is 0 Å². The Hall–Kier alpha value is -0.960. The third-order valence-electron chi connectivity index (χ3n) is 3.63. The van der Waals surface area contributed by atoms with Crippen LogP contribution in [-0.2, 0) is 12.0 Å². The lowest BCUT2D eigenvalue weighted by molar-refractivity contribution is 0.321. The average Bonchev–Trinajstić information content (AvgIpc) is 2.66. The summed E-state index contributed by atoms with van der Waals surface area (Å²) >= 11 is 0. The summed E-state index contributed by atoms with van der Waals surface area (Å²) in [4.78, 5) is 11.9. The summed E-state index contributed by atoms with van der Waals surface area (Å²) < 4.78 is 0. The lowest BCUT2D eigenvalue weighted by Gasteiger charge is -2.24. The van der Waals surface area contributed by atoms with Crippen molar-refractivity contribution in [2.45, 2.75) is 59.4 Å². The first kappa shape index (κ1) is 13.5. The van der Waals surface area contributed by atoms with Crippen molar-refractivity contribution in [1.82, 2.24) is 14.9 Å². The van der Waals surface area contributed by atoms with Gasteiger partial charge in [0.2, 0.25) is 0 Å². The summed E-state index contributed by atoms with van der Waals surface area (Å²) in [5.41, 5.74) is 3.71. The van der Waals surface area contributed by atoms with Crippen molar-refractivity contribution in [3.63, 3.8) is 0 Å². The molecule has 0 bridgehead atoms. The summed E-state index contributed by atoms with van der Waals surface area (Å²) in [6, 6.07) is 0. The Balaban J connectivity index is 2.24. The molecule has 0 saturated carbocycles. The number of aryl methyl sites for hydroxylation is 2. The van der Waals surface area contributed by atoms with Crippen molar-refractivity contribution in [3.05, 3.63) is 22.8 Å². The van der Waals surface area contributed by atoms with E-state index in [1.807, 2.05) is 0 Å². The van der Waals surface area contributed by atoms with Gasteiger partial charge in [-0.2, -0.15) is 0 Å². The van der Waals surface area contributed by atoms with E-state index in [0.29, 0.717) is 0 Å². The second kappa shape index (κ2) is 4.96. The highest BCUT2D eigenvalue weighted by Crippen LogP contribution is 2.27. The fourth-order valence-corrected chi connectivity index (χ4v) is 3.08. The molecule has 100 valence electrons. The van der Waals surface area contributed by atoms with Crippen LogP contribution in [0.5, 0.6) is 0 Å². The minimum atomic E-state index is 0.125. The molecule has 2 heterocycles. The number of nitrogens with zero attached hydrogens (tertiary/aromatic N) is 3. The number of hydrogen-bond donors (Lipinski definition) is 0. The van der Waals surface area contributed by atoms with Crippen molar-refractivity contribution in [2.75, 3.05) is 13.1 Å². The quantitative estimate of drug-likeness (QED) is 0.804. The van der Waals surface area contributed by atoms with Crippen molar-refractivity contribution >= 4 is 0 Å². The molecule has 1 aromatic rings. The van der Waals surface area contributed by atoms with Crippen molar-refractivity contribution in [1.29, 1.82) is 0 Å². The van der Waals surface area contributed by atoms with Crippen LogP contribution in [-0.4, -0.2) is 28.0 Å². The maximum Gasteiger partial charge on any atom is 0.142 e. The zero-order chi connectivity index (χ0) is 13.3. The topological polar surface area (TPSA) is 29.0 Å². The lowest BCUT2D eigenvalue weighted by Crippen LogP contribution is -2.23. The Morgan fingerprint density at radius 3 is 1.94 bits per heavy atom. The van der Waals surface area contributed by atoms with Crippen LogP contribution >= 0.6 is 0 Å². The van der Waals surface area contributed by atoms with E-state index in [4.69, 9.17) is 9.97 Å². The first-order valence-corrected chi connectivity index (χ1v) is 6.95. The van der Waals surface area contributed by atoms with E-state index in [2.05, 4.69) is 39.5 Å². The molecule has 0 aromatic carbocycles. The van der Waals surface area contributed by atoms with E-state index in [0.717, 1.165) is 23.8 Å². The molecule has 3 nitrogen and oxygen atoms in total. The monoisotopic (exact) mass is 247 g/mol. The number of aromatic nitrogens is 2. The van der Waals surface area contributed by atoms with Crippen LogP contribution in [0, 0.1) is 13.8 Å². The molecular weight excluding hydrogens is 222 g/mol. The largest absolute Gasteiger partial charge is 0.296 e. The van der Waals surface area contributed by atoms with E-state index in [-0.39, 0.29) is 5.41 Å². The summed E-state index contributed by atoms with van der Waals surface area (Å²) in [6.45, 7) is 14.2. The molecule has 1 aromatic heterocycles. The van der Waals surface area contributed by atoms with E-state index in [1.54, 1.807) is 0 Å². The average molecular weight is 247 g/mol. The van der Waals surface area contributed by atoms with Gasteiger partial charge in [-0.1, -0.05) is 20.8 Å². The molecule has 18 heavy (non-hydrogen) atoms. The predicted octanol–water partition coefficient (Wildman–Crippen LogP) is 2.99. The van der Waals surface area contributed by atoms with E-state index < -0.39 is 0 Å². The molecule has 1 aliphatic heterocycles. The van der Waals surface area contributed by atoms with Gasteiger partial charge in [-0.05, 0) is 45.2 Å². The van der Waals surface area contributed by atoms with Gasteiger partial charge in [0.15, 0.2) is 0 Å². The molecule has 1 aliphatic rings. The number of rotatable bonds is 2. The Morgan fingerprint density at radius 1 is 1.00 bits per heavy atom. The van der Waals surface area contributed by atoms with E-state index in [9.17, 15) is 0 Å². The maximum absolute atomic E-state index is 4.71. The summed E-state index contributed by atoms with van der Waals surface area (Å²) in [7, 11) is 0. The molecule has 0 atom stereocenters. The first-order chi connectivity index (χ1) is 8.38. The Morgan fingerprint density at radius 2 is 1.50 bits per heavy atom. The van der Waals surface area contributed by atoms with Gasteiger partial charge in [0.1, 0.15) is 5.82 Å². The standard InChI is InChI=1S/C15H25N3/c1-11-14(15(3,4)5)12(2)17-13(16-11)10-18-8-6-7-9-18/h6-10H2,1-5H3. The van der Waals surface area contributed by atoms with Crippen LogP contribution in [0.2, 0.25) is 0 Å². The van der Waals surface area contributed by atoms with Gasteiger partial charge >= 0.3 is 0 Å².